The predicted molar refractivity (Wildman–Crippen MR) is 99.3 cm³/mol. The molecule has 6 heteroatoms. The van der Waals surface area contributed by atoms with Crippen molar-refractivity contribution in [2.75, 3.05) is 5.32 Å². The van der Waals surface area contributed by atoms with E-state index in [-0.39, 0.29) is 17.4 Å². The second-order valence-electron chi connectivity index (χ2n) is 6.38. The van der Waals surface area contributed by atoms with Crippen LogP contribution in [0, 0.1) is 12.8 Å². The molecule has 0 fully saturated rings. The van der Waals surface area contributed by atoms with Gasteiger partial charge in [0, 0.05) is 16.8 Å². The minimum atomic E-state index is -1.09. The van der Waals surface area contributed by atoms with E-state index in [0.29, 0.717) is 11.3 Å². The first-order valence-electron chi connectivity index (χ1n) is 8.30. The molecule has 0 saturated heterocycles. The van der Waals surface area contributed by atoms with Crippen LogP contribution >= 0.6 is 0 Å². The fourth-order valence-electron chi connectivity index (χ4n) is 2.42. The van der Waals surface area contributed by atoms with Crippen LogP contribution in [0.1, 0.15) is 40.1 Å². The van der Waals surface area contributed by atoms with Crippen LogP contribution in [-0.4, -0.2) is 28.9 Å². The van der Waals surface area contributed by atoms with Crippen molar-refractivity contribution in [1.29, 1.82) is 0 Å². The Morgan fingerprint density at radius 2 is 1.58 bits per heavy atom. The van der Waals surface area contributed by atoms with Crippen molar-refractivity contribution in [3.05, 3.63) is 65.2 Å². The van der Waals surface area contributed by atoms with Gasteiger partial charge in [-0.2, -0.15) is 0 Å². The van der Waals surface area contributed by atoms with Crippen molar-refractivity contribution in [2.24, 2.45) is 5.92 Å². The number of aryl methyl sites for hydroxylation is 1. The summed E-state index contributed by atoms with van der Waals surface area (Å²) in [5.74, 6) is -2.12. The molecule has 2 aromatic carbocycles. The molecule has 0 saturated carbocycles. The Hall–Kier alpha value is -3.15. The van der Waals surface area contributed by atoms with E-state index in [1.807, 2.05) is 13.0 Å². The van der Waals surface area contributed by atoms with Crippen molar-refractivity contribution in [3.63, 3.8) is 0 Å². The van der Waals surface area contributed by atoms with Gasteiger partial charge in [-0.15, -0.1) is 0 Å². The highest BCUT2D eigenvalue weighted by Gasteiger charge is 2.24. The van der Waals surface area contributed by atoms with Gasteiger partial charge < -0.3 is 15.7 Å². The number of hydrogen-bond acceptors (Lipinski definition) is 3. The van der Waals surface area contributed by atoms with Crippen LogP contribution in [-0.2, 0) is 4.79 Å². The summed E-state index contributed by atoms with van der Waals surface area (Å²) >= 11 is 0. The van der Waals surface area contributed by atoms with Crippen molar-refractivity contribution in [3.8, 4) is 0 Å². The number of carboxylic acid groups (broad SMARTS) is 1. The highest BCUT2D eigenvalue weighted by atomic mass is 16.4. The SMILES string of the molecule is Cc1ccc(C(=O)NC(C(=O)O)C(C)C)cc1NC(=O)c1ccccc1. The molecule has 3 N–H and O–H groups in total. The fraction of sp³-hybridized carbons (Fsp3) is 0.250. The number of carbonyl (C=O) groups excluding carboxylic acids is 2. The fourth-order valence-corrected chi connectivity index (χ4v) is 2.42. The number of hydrogen-bond donors (Lipinski definition) is 3. The molecule has 0 aliphatic carbocycles. The summed E-state index contributed by atoms with van der Waals surface area (Å²) < 4.78 is 0. The molecule has 0 bridgehead atoms. The molecule has 2 amide bonds. The van der Waals surface area contributed by atoms with E-state index in [1.54, 1.807) is 56.3 Å². The normalized spacial score (nSPS) is 11.7. The highest BCUT2D eigenvalue weighted by molar-refractivity contribution is 6.05. The van der Waals surface area contributed by atoms with Crippen LogP contribution in [0.25, 0.3) is 0 Å². The molecule has 0 radical (unpaired) electrons. The maximum atomic E-state index is 12.4. The number of anilines is 1. The molecule has 0 aliphatic rings. The summed E-state index contributed by atoms with van der Waals surface area (Å²) in [6.45, 7) is 5.26. The lowest BCUT2D eigenvalue weighted by Crippen LogP contribution is -2.44. The lowest BCUT2D eigenvalue weighted by Gasteiger charge is -2.18. The largest absolute Gasteiger partial charge is 0.480 e. The number of amides is 2. The van der Waals surface area contributed by atoms with E-state index >= 15 is 0 Å². The maximum Gasteiger partial charge on any atom is 0.326 e. The molecule has 0 aliphatic heterocycles. The molecule has 2 aromatic rings. The molecule has 1 atom stereocenters. The van der Waals surface area contributed by atoms with Crippen LogP contribution < -0.4 is 10.6 Å². The van der Waals surface area contributed by atoms with Gasteiger partial charge in [-0.25, -0.2) is 4.79 Å². The molecule has 136 valence electrons. The number of nitrogens with one attached hydrogen (secondary N) is 2. The first-order chi connectivity index (χ1) is 12.3. The van der Waals surface area contributed by atoms with Gasteiger partial charge in [-0.3, -0.25) is 9.59 Å². The second-order valence-corrected chi connectivity index (χ2v) is 6.38. The quantitative estimate of drug-likeness (QED) is 0.743. The molecule has 0 spiro atoms. The highest BCUT2D eigenvalue weighted by Crippen LogP contribution is 2.18. The molecule has 2 rings (SSSR count). The zero-order valence-corrected chi connectivity index (χ0v) is 14.9. The second kappa shape index (κ2) is 8.29. The van der Waals surface area contributed by atoms with Crippen LogP contribution in [0.15, 0.2) is 48.5 Å². The van der Waals surface area contributed by atoms with Crippen molar-refractivity contribution >= 4 is 23.5 Å². The average molecular weight is 354 g/mol. The minimum Gasteiger partial charge on any atom is -0.480 e. The Balaban J connectivity index is 2.20. The van der Waals surface area contributed by atoms with Gasteiger partial charge in [0.2, 0.25) is 0 Å². The Morgan fingerprint density at radius 1 is 0.923 bits per heavy atom. The Morgan fingerprint density at radius 3 is 2.15 bits per heavy atom. The van der Waals surface area contributed by atoms with Crippen molar-refractivity contribution in [2.45, 2.75) is 26.8 Å². The Kier molecular flexibility index (Phi) is 6.11. The molecule has 0 heterocycles. The molecule has 6 nitrogen and oxygen atoms in total. The van der Waals surface area contributed by atoms with E-state index in [4.69, 9.17) is 0 Å². The first kappa shape index (κ1) is 19.2. The number of benzene rings is 2. The van der Waals surface area contributed by atoms with Gasteiger partial charge in [-0.1, -0.05) is 38.1 Å². The van der Waals surface area contributed by atoms with Crippen LogP contribution in [0.2, 0.25) is 0 Å². The van der Waals surface area contributed by atoms with Gasteiger partial charge >= 0.3 is 5.97 Å². The smallest absolute Gasteiger partial charge is 0.326 e. The van der Waals surface area contributed by atoms with Crippen molar-refractivity contribution in [1.82, 2.24) is 5.32 Å². The van der Waals surface area contributed by atoms with Gasteiger partial charge in [0.1, 0.15) is 6.04 Å². The Bertz CT molecular complexity index is 816. The third-order valence-corrected chi connectivity index (χ3v) is 4.00. The van der Waals surface area contributed by atoms with Crippen LogP contribution in [0.3, 0.4) is 0 Å². The number of carbonyl (C=O) groups is 3. The zero-order valence-electron chi connectivity index (χ0n) is 14.9. The lowest BCUT2D eigenvalue weighted by atomic mass is 10.0. The summed E-state index contributed by atoms with van der Waals surface area (Å²) in [6.07, 6.45) is 0. The third-order valence-electron chi connectivity index (χ3n) is 4.00. The standard InChI is InChI=1S/C20H22N2O4/c1-12(2)17(20(25)26)22-19(24)15-10-9-13(3)16(11-15)21-18(23)14-7-5-4-6-8-14/h4-12,17H,1-3H3,(H,21,23)(H,22,24)(H,25,26). The van der Waals surface area contributed by atoms with Crippen molar-refractivity contribution < 1.29 is 19.5 Å². The molecule has 26 heavy (non-hydrogen) atoms. The molecular formula is C20H22N2O4. The van der Waals surface area contributed by atoms with Gasteiger partial charge in [0.05, 0.1) is 0 Å². The van der Waals surface area contributed by atoms with E-state index in [1.165, 1.54) is 0 Å². The summed E-state index contributed by atoms with van der Waals surface area (Å²) in [7, 11) is 0. The van der Waals surface area contributed by atoms with Gasteiger partial charge in [0.15, 0.2) is 0 Å². The third kappa shape index (κ3) is 4.69. The molecular weight excluding hydrogens is 332 g/mol. The Labute approximate surface area is 152 Å². The lowest BCUT2D eigenvalue weighted by molar-refractivity contribution is -0.140. The summed E-state index contributed by atoms with van der Waals surface area (Å²) in [4.78, 5) is 36.0. The maximum absolute atomic E-state index is 12.4. The monoisotopic (exact) mass is 354 g/mol. The first-order valence-corrected chi connectivity index (χ1v) is 8.30. The summed E-state index contributed by atoms with van der Waals surface area (Å²) in [5, 5.41) is 14.5. The van der Waals surface area contributed by atoms with E-state index in [0.717, 1.165) is 5.56 Å². The van der Waals surface area contributed by atoms with E-state index < -0.39 is 17.9 Å². The van der Waals surface area contributed by atoms with Crippen LogP contribution in [0.5, 0.6) is 0 Å². The van der Waals surface area contributed by atoms with Gasteiger partial charge in [0.25, 0.3) is 11.8 Å². The minimum absolute atomic E-state index is 0.251. The predicted octanol–water partition coefficient (Wildman–Crippen LogP) is 3.09. The summed E-state index contributed by atoms with van der Waals surface area (Å²) in [5.41, 5.74) is 2.09. The topological polar surface area (TPSA) is 95.5 Å². The summed E-state index contributed by atoms with van der Waals surface area (Å²) in [6, 6.07) is 12.6. The van der Waals surface area contributed by atoms with E-state index in [2.05, 4.69) is 10.6 Å². The number of carboxylic acids is 1. The number of aliphatic carboxylic acids is 1. The average Bonchev–Trinajstić information content (AvgIpc) is 2.61. The molecule has 1 unspecified atom stereocenters. The zero-order chi connectivity index (χ0) is 19.3. The number of rotatable bonds is 6. The van der Waals surface area contributed by atoms with E-state index in [9.17, 15) is 19.5 Å². The van der Waals surface area contributed by atoms with Crippen LogP contribution in [0.4, 0.5) is 5.69 Å². The molecule has 0 aromatic heterocycles. The van der Waals surface area contributed by atoms with Gasteiger partial charge in [-0.05, 0) is 42.7 Å².